The van der Waals surface area contributed by atoms with Crippen molar-refractivity contribution >= 4 is 12.0 Å². The Morgan fingerprint density at radius 3 is 2.53 bits per heavy atom. The van der Waals surface area contributed by atoms with E-state index in [4.69, 9.17) is 5.11 Å². The molecule has 0 radical (unpaired) electrons. The van der Waals surface area contributed by atoms with Crippen molar-refractivity contribution in [3.8, 4) is 0 Å². The Morgan fingerprint density at radius 1 is 1.37 bits per heavy atom. The molecule has 6 nitrogen and oxygen atoms in total. The molecule has 0 aliphatic carbocycles. The van der Waals surface area contributed by atoms with Gasteiger partial charge in [-0.15, -0.1) is 0 Å². The molecule has 1 aliphatic rings. The highest BCUT2D eigenvalue weighted by atomic mass is 16.4. The minimum Gasteiger partial charge on any atom is -0.480 e. The van der Waals surface area contributed by atoms with Gasteiger partial charge in [0.15, 0.2) is 0 Å². The number of rotatable bonds is 7. The maximum atomic E-state index is 11.8. The molecule has 0 aromatic carbocycles. The smallest absolute Gasteiger partial charge is 0.323 e. The first kappa shape index (κ1) is 15.8. The number of urea groups is 1. The SMILES string of the molecule is CCN(CC(=O)O)C(=O)NCC(C)CN1CCCC1. The quantitative estimate of drug-likeness (QED) is 0.719. The number of likely N-dealkylation sites (N-methyl/N-ethyl adjacent to an activating group) is 1. The van der Waals surface area contributed by atoms with Crippen LogP contribution in [0.1, 0.15) is 26.7 Å². The van der Waals surface area contributed by atoms with Crippen molar-refractivity contribution in [3.05, 3.63) is 0 Å². The van der Waals surface area contributed by atoms with Gasteiger partial charge in [-0.2, -0.15) is 0 Å². The average Bonchev–Trinajstić information content (AvgIpc) is 2.85. The number of hydrogen-bond acceptors (Lipinski definition) is 3. The Balaban J connectivity index is 2.25. The van der Waals surface area contributed by atoms with E-state index in [1.165, 1.54) is 17.7 Å². The molecule has 1 heterocycles. The Kier molecular flexibility index (Phi) is 6.62. The summed E-state index contributed by atoms with van der Waals surface area (Å²) in [6.45, 7) is 7.91. The molecule has 1 rings (SSSR count). The van der Waals surface area contributed by atoms with Gasteiger partial charge in [-0.05, 0) is 38.8 Å². The lowest BCUT2D eigenvalue weighted by atomic mass is 10.1. The van der Waals surface area contributed by atoms with Crippen LogP contribution in [0.15, 0.2) is 0 Å². The van der Waals surface area contributed by atoms with Crippen LogP contribution in [0.4, 0.5) is 4.79 Å². The summed E-state index contributed by atoms with van der Waals surface area (Å²) in [7, 11) is 0. The lowest BCUT2D eigenvalue weighted by Gasteiger charge is -2.23. The minimum atomic E-state index is -0.984. The molecule has 19 heavy (non-hydrogen) atoms. The van der Waals surface area contributed by atoms with Crippen molar-refractivity contribution in [2.24, 2.45) is 5.92 Å². The number of carbonyl (C=O) groups excluding carboxylic acids is 1. The second kappa shape index (κ2) is 7.99. The topological polar surface area (TPSA) is 72.9 Å². The van der Waals surface area contributed by atoms with E-state index < -0.39 is 5.97 Å². The molecule has 2 amide bonds. The highest BCUT2D eigenvalue weighted by molar-refractivity contribution is 5.79. The monoisotopic (exact) mass is 271 g/mol. The lowest BCUT2D eigenvalue weighted by molar-refractivity contribution is -0.137. The van der Waals surface area contributed by atoms with E-state index in [1.807, 2.05) is 0 Å². The van der Waals surface area contributed by atoms with Gasteiger partial charge in [-0.3, -0.25) is 4.79 Å². The summed E-state index contributed by atoms with van der Waals surface area (Å²) < 4.78 is 0. The first-order valence-electron chi connectivity index (χ1n) is 6.99. The highest BCUT2D eigenvalue weighted by Gasteiger charge is 2.17. The van der Waals surface area contributed by atoms with E-state index in [2.05, 4.69) is 17.1 Å². The predicted octanol–water partition coefficient (Wildman–Crippen LogP) is 0.834. The molecular weight excluding hydrogens is 246 g/mol. The molecule has 1 saturated heterocycles. The van der Waals surface area contributed by atoms with Crippen LogP contribution in [0, 0.1) is 5.92 Å². The van der Waals surface area contributed by atoms with E-state index in [1.54, 1.807) is 6.92 Å². The Bertz CT molecular complexity index is 304. The van der Waals surface area contributed by atoms with Crippen molar-refractivity contribution in [1.29, 1.82) is 0 Å². The summed E-state index contributed by atoms with van der Waals surface area (Å²) in [6.07, 6.45) is 2.53. The molecule has 0 aromatic heterocycles. The number of nitrogens with zero attached hydrogens (tertiary/aromatic N) is 2. The average molecular weight is 271 g/mol. The fourth-order valence-electron chi connectivity index (χ4n) is 2.33. The molecule has 0 saturated carbocycles. The molecule has 6 heteroatoms. The fourth-order valence-corrected chi connectivity index (χ4v) is 2.33. The van der Waals surface area contributed by atoms with Gasteiger partial charge in [-0.25, -0.2) is 4.79 Å². The Labute approximate surface area is 114 Å². The largest absolute Gasteiger partial charge is 0.480 e. The number of hydrogen-bond donors (Lipinski definition) is 2. The van der Waals surface area contributed by atoms with Gasteiger partial charge in [0.25, 0.3) is 0 Å². The Hall–Kier alpha value is -1.30. The number of carboxylic acid groups (broad SMARTS) is 1. The van der Waals surface area contributed by atoms with Crippen LogP contribution >= 0.6 is 0 Å². The van der Waals surface area contributed by atoms with Crippen LogP contribution < -0.4 is 5.32 Å². The van der Waals surface area contributed by atoms with E-state index in [0.717, 1.165) is 19.6 Å². The van der Waals surface area contributed by atoms with E-state index in [0.29, 0.717) is 19.0 Å². The first-order chi connectivity index (χ1) is 9.02. The zero-order valence-corrected chi connectivity index (χ0v) is 11.9. The van der Waals surface area contributed by atoms with Gasteiger partial charge < -0.3 is 20.2 Å². The highest BCUT2D eigenvalue weighted by Crippen LogP contribution is 2.09. The van der Waals surface area contributed by atoms with E-state index in [-0.39, 0.29) is 12.6 Å². The van der Waals surface area contributed by atoms with Gasteiger partial charge in [0, 0.05) is 19.6 Å². The van der Waals surface area contributed by atoms with Crippen LogP contribution in [0.3, 0.4) is 0 Å². The fraction of sp³-hybridized carbons (Fsp3) is 0.846. The predicted molar refractivity (Wildman–Crippen MR) is 73.1 cm³/mol. The second-order valence-corrected chi connectivity index (χ2v) is 5.21. The summed E-state index contributed by atoms with van der Waals surface area (Å²) in [5.74, 6) is -0.604. The zero-order valence-electron chi connectivity index (χ0n) is 11.9. The van der Waals surface area contributed by atoms with Gasteiger partial charge in [0.05, 0.1) is 0 Å². The molecule has 1 atom stereocenters. The number of carbonyl (C=O) groups is 2. The van der Waals surface area contributed by atoms with Gasteiger partial charge in [0.1, 0.15) is 6.54 Å². The number of carboxylic acids is 1. The molecule has 0 aromatic rings. The molecule has 0 spiro atoms. The molecule has 1 fully saturated rings. The molecule has 2 N–H and O–H groups in total. The van der Waals surface area contributed by atoms with E-state index >= 15 is 0 Å². The van der Waals surface area contributed by atoms with E-state index in [9.17, 15) is 9.59 Å². The van der Waals surface area contributed by atoms with Crippen LogP contribution in [-0.2, 0) is 4.79 Å². The summed E-state index contributed by atoms with van der Waals surface area (Å²) in [5.41, 5.74) is 0. The van der Waals surface area contributed by atoms with Crippen molar-refractivity contribution in [1.82, 2.24) is 15.1 Å². The van der Waals surface area contributed by atoms with Crippen LogP contribution in [0.5, 0.6) is 0 Å². The number of nitrogens with one attached hydrogen (secondary N) is 1. The first-order valence-corrected chi connectivity index (χ1v) is 6.99. The van der Waals surface area contributed by atoms with Crippen LogP contribution in [-0.4, -0.2) is 66.2 Å². The number of likely N-dealkylation sites (tertiary alicyclic amines) is 1. The van der Waals surface area contributed by atoms with Crippen LogP contribution in [0.2, 0.25) is 0 Å². The summed E-state index contributed by atoms with van der Waals surface area (Å²) >= 11 is 0. The third-order valence-corrected chi connectivity index (χ3v) is 3.37. The Morgan fingerprint density at radius 2 is 2.00 bits per heavy atom. The summed E-state index contributed by atoms with van der Waals surface area (Å²) in [6, 6.07) is -0.293. The van der Waals surface area contributed by atoms with Crippen LogP contribution in [0.25, 0.3) is 0 Å². The maximum Gasteiger partial charge on any atom is 0.323 e. The summed E-state index contributed by atoms with van der Waals surface area (Å²) in [4.78, 5) is 26.1. The molecule has 110 valence electrons. The van der Waals surface area contributed by atoms with Crippen molar-refractivity contribution < 1.29 is 14.7 Å². The lowest BCUT2D eigenvalue weighted by Crippen LogP contribution is -2.44. The minimum absolute atomic E-state index is 0.247. The standard InChI is InChI=1S/C13H25N3O3/c1-3-16(10-12(17)18)13(19)14-8-11(2)9-15-6-4-5-7-15/h11H,3-10H2,1-2H3,(H,14,19)(H,17,18). The van der Waals surface area contributed by atoms with Gasteiger partial charge in [0.2, 0.25) is 0 Å². The van der Waals surface area contributed by atoms with Gasteiger partial charge >= 0.3 is 12.0 Å². The molecule has 1 aliphatic heterocycles. The second-order valence-electron chi connectivity index (χ2n) is 5.21. The zero-order chi connectivity index (χ0) is 14.3. The van der Waals surface area contributed by atoms with Crippen molar-refractivity contribution in [2.45, 2.75) is 26.7 Å². The number of amides is 2. The normalized spacial score (nSPS) is 17.2. The maximum absolute atomic E-state index is 11.8. The summed E-state index contributed by atoms with van der Waals surface area (Å²) in [5, 5.41) is 11.5. The van der Waals surface area contributed by atoms with Gasteiger partial charge in [-0.1, -0.05) is 6.92 Å². The molecule has 0 bridgehead atoms. The third-order valence-electron chi connectivity index (χ3n) is 3.37. The molecule has 1 unspecified atom stereocenters. The molecular formula is C13H25N3O3. The number of aliphatic carboxylic acids is 1. The third kappa shape index (κ3) is 5.92. The van der Waals surface area contributed by atoms with Crippen molar-refractivity contribution in [2.75, 3.05) is 39.3 Å². The van der Waals surface area contributed by atoms with Crippen molar-refractivity contribution in [3.63, 3.8) is 0 Å².